The third kappa shape index (κ3) is 5.86. The maximum atomic E-state index is 5.03. The molecule has 0 aromatic heterocycles. The van der Waals surface area contributed by atoms with Gasteiger partial charge in [-0.2, -0.15) is 0 Å². The van der Waals surface area contributed by atoms with Crippen molar-refractivity contribution in [3.63, 3.8) is 0 Å². The van der Waals surface area contributed by atoms with Gasteiger partial charge >= 0.3 is 0 Å². The van der Waals surface area contributed by atoms with Gasteiger partial charge < -0.3 is 9.47 Å². The standard InChI is InChI=1S/2C7H14O/c2*1-8-6-7-4-2-3-5-7/h2*7H,2-6H2,1H3. The Morgan fingerprint density at radius 2 is 1.00 bits per heavy atom. The second kappa shape index (κ2) is 9.00. The van der Waals surface area contributed by atoms with Crippen LogP contribution in [0.25, 0.3) is 0 Å². The van der Waals surface area contributed by atoms with Gasteiger partial charge in [-0.3, -0.25) is 0 Å². The quantitative estimate of drug-likeness (QED) is 0.731. The van der Waals surface area contributed by atoms with Crippen LogP contribution in [-0.2, 0) is 9.47 Å². The van der Waals surface area contributed by atoms with E-state index < -0.39 is 0 Å². The van der Waals surface area contributed by atoms with Crippen LogP contribution >= 0.6 is 0 Å². The molecule has 2 aliphatic carbocycles. The largest absolute Gasteiger partial charge is 0.384 e. The molecule has 2 saturated carbocycles. The fraction of sp³-hybridized carbons (Fsp3) is 1.00. The van der Waals surface area contributed by atoms with Gasteiger partial charge in [-0.05, 0) is 37.5 Å². The Kier molecular flexibility index (Phi) is 7.87. The molecule has 0 N–H and O–H groups in total. The molecule has 2 heteroatoms. The van der Waals surface area contributed by atoms with E-state index in [4.69, 9.17) is 9.47 Å². The van der Waals surface area contributed by atoms with Crippen molar-refractivity contribution < 1.29 is 9.47 Å². The Balaban J connectivity index is 0.000000160. The molecule has 0 aromatic carbocycles. The van der Waals surface area contributed by atoms with E-state index in [-0.39, 0.29) is 0 Å². The average Bonchev–Trinajstić information content (AvgIpc) is 2.92. The summed E-state index contributed by atoms with van der Waals surface area (Å²) in [7, 11) is 3.58. The van der Waals surface area contributed by atoms with Crippen LogP contribution in [0.4, 0.5) is 0 Å². The lowest BCUT2D eigenvalue weighted by Crippen LogP contribution is -2.01. The van der Waals surface area contributed by atoms with Crippen LogP contribution in [0.3, 0.4) is 0 Å². The van der Waals surface area contributed by atoms with E-state index in [1.165, 1.54) is 51.4 Å². The van der Waals surface area contributed by atoms with Gasteiger partial charge in [0.15, 0.2) is 0 Å². The van der Waals surface area contributed by atoms with Gasteiger partial charge in [-0.25, -0.2) is 0 Å². The smallest absolute Gasteiger partial charge is 0.0490 e. The molecule has 0 amide bonds. The molecule has 96 valence electrons. The van der Waals surface area contributed by atoms with Gasteiger partial charge in [0.25, 0.3) is 0 Å². The SMILES string of the molecule is COCC1CCCC1.COCC1CCCC1. The van der Waals surface area contributed by atoms with Crippen molar-refractivity contribution in [3.8, 4) is 0 Å². The van der Waals surface area contributed by atoms with E-state index in [1.807, 2.05) is 0 Å². The number of rotatable bonds is 4. The van der Waals surface area contributed by atoms with Gasteiger partial charge in [0.05, 0.1) is 0 Å². The van der Waals surface area contributed by atoms with Gasteiger partial charge in [0, 0.05) is 27.4 Å². The maximum Gasteiger partial charge on any atom is 0.0490 e. The molecule has 2 fully saturated rings. The Bertz CT molecular complexity index is 129. The Hall–Kier alpha value is -0.0800. The molecule has 0 radical (unpaired) electrons. The summed E-state index contributed by atoms with van der Waals surface area (Å²) in [4.78, 5) is 0. The van der Waals surface area contributed by atoms with Crippen LogP contribution < -0.4 is 0 Å². The van der Waals surface area contributed by atoms with Gasteiger partial charge in [-0.15, -0.1) is 0 Å². The Labute approximate surface area is 101 Å². The highest BCUT2D eigenvalue weighted by Crippen LogP contribution is 2.24. The molecular weight excluding hydrogens is 200 g/mol. The molecule has 0 atom stereocenters. The lowest BCUT2D eigenvalue weighted by atomic mass is 10.1. The molecule has 0 saturated heterocycles. The number of hydrogen-bond acceptors (Lipinski definition) is 2. The summed E-state index contributed by atoms with van der Waals surface area (Å²) < 4.78 is 10.1. The van der Waals surface area contributed by atoms with E-state index in [9.17, 15) is 0 Å². The zero-order chi connectivity index (χ0) is 11.6. The minimum absolute atomic E-state index is 0.889. The molecular formula is C14H28O2. The first-order valence-corrected chi connectivity index (χ1v) is 6.84. The van der Waals surface area contributed by atoms with Gasteiger partial charge in [0.2, 0.25) is 0 Å². The first-order chi connectivity index (χ1) is 7.86. The van der Waals surface area contributed by atoms with Crippen molar-refractivity contribution in [2.45, 2.75) is 51.4 Å². The minimum atomic E-state index is 0.889. The first kappa shape index (κ1) is 14.0. The third-order valence-corrected chi connectivity index (χ3v) is 3.75. The predicted octanol–water partition coefficient (Wildman–Crippen LogP) is 3.65. The van der Waals surface area contributed by atoms with Crippen molar-refractivity contribution in [3.05, 3.63) is 0 Å². The normalized spacial score (nSPS) is 22.1. The van der Waals surface area contributed by atoms with Crippen molar-refractivity contribution in [1.82, 2.24) is 0 Å². The molecule has 0 unspecified atom stereocenters. The van der Waals surface area contributed by atoms with Gasteiger partial charge in [-0.1, -0.05) is 25.7 Å². The van der Waals surface area contributed by atoms with Crippen LogP contribution in [-0.4, -0.2) is 27.4 Å². The highest BCUT2D eigenvalue weighted by Gasteiger charge is 2.14. The summed E-state index contributed by atoms with van der Waals surface area (Å²) in [5.41, 5.74) is 0. The molecule has 2 nitrogen and oxygen atoms in total. The number of hydrogen-bond donors (Lipinski definition) is 0. The lowest BCUT2D eigenvalue weighted by molar-refractivity contribution is 0.155. The molecule has 0 heterocycles. The maximum absolute atomic E-state index is 5.03. The highest BCUT2D eigenvalue weighted by atomic mass is 16.5. The second-order valence-corrected chi connectivity index (χ2v) is 5.21. The average molecular weight is 228 g/mol. The van der Waals surface area contributed by atoms with Crippen LogP contribution in [0, 0.1) is 11.8 Å². The van der Waals surface area contributed by atoms with E-state index in [0.717, 1.165) is 25.0 Å². The lowest BCUT2D eigenvalue weighted by Gasteiger charge is -2.04. The summed E-state index contributed by atoms with van der Waals surface area (Å²) >= 11 is 0. The first-order valence-electron chi connectivity index (χ1n) is 6.84. The van der Waals surface area contributed by atoms with Crippen LogP contribution in [0.15, 0.2) is 0 Å². The van der Waals surface area contributed by atoms with Gasteiger partial charge in [0.1, 0.15) is 0 Å². The molecule has 2 rings (SSSR count). The molecule has 0 aromatic rings. The Morgan fingerprint density at radius 1 is 0.688 bits per heavy atom. The fourth-order valence-electron chi connectivity index (χ4n) is 2.83. The third-order valence-electron chi connectivity index (χ3n) is 3.75. The van der Waals surface area contributed by atoms with Crippen LogP contribution in [0.5, 0.6) is 0 Å². The van der Waals surface area contributed by atoms with E-state index in [2.05, 4.69) is 0 Å². The molecule has 0 bridgehead atoms. The number of ether oxygens (including phenoxy) is 2. The summed E-state index contributed by atoms with van der Waals surface area (Å²) in [6, 6.07) is 0. The van der Waals surface area contributed by atoms with Crippen molar-refractivity contribution in [1.29, 1.82) is 0 Å². The van der Waals surface area contributed by atoms with E-state index in [1.54, 1.807) is 14.2 Å². The molecule has 0 aliphatic heterocycles. The second-order valence-electron chi connectivity index (χ2n) is 5.21. The summed E-state index contributed by atoms with van der Waals surface area (Å²) in [5.74, 6) is 1.78. The Morgan fingerprint density at radius 3 is 1.25 bits per heavy atom. The molecule has 0 spiro atoms. The van der Waals surface area contributed by atoms with Crippen LogP contribution in [0.2, 0.25) is 0 Å². The predicted molar refractivity (Wildman–Crippen MR) is 67.7 cm³/mol. The molecule has 2 aliphatic rings. The van der Waals surface area contributed by atoms with E-state index >= 15 is 0 Å². The van der Waals surface area contributed by atoms with Crippen molar-refractivity contribution >= 4 is 0 Å². The zero-order valence-corrected chi connectivity index (χ0v) is 11.0. The summed E-state index contributed by atoms with van der Waals surface area (Å²) in [6.45, 7) is 1.97. The van der Waals surface area contributed by atoms with Crippen molar-refractivity contribution in [2.75, 3.05) is 27.4 Å². The minimum Gasteiger partial charge on any atom is -0.384 e. The monoisotopic (exact) mass is 228 g/mol. The topological polar surface area (TPSA) is 18.5 Å². The zero-order valence-electron chi connectivity index (χ0n) is 11.0. The summed E-state index contributed by atoms with van der Waals surface area (Å²) in [6.07, 6.45) is 11.3. The van der Waals surface area contributed by atoms with Crippen LogP contribution in [0.1, 0.15) is 51.4 Å². The molecule has 16 heavy (non-hydrogen) atoms. The highest BCUT2D eigenvalue weighted by molar-refractivity contribution is 4.66. The summed E-state index contributed by atoms with van der Waals surface area (Å²) in [5, 5.41) is 0. The number of methoxy groups -OCH3 is 2. The van der Waals surface area contributed by atoms with Crippen molar-refractivity contribution in [2.24, 2.45) is 11.8 Å². The fourth-order valence-corrected chi connectivity index (χ4v) is 2.83. The van der Waals surface area contributed by atoms with E-state index in [0.29, 0.717) is 0 Å².